The Morgan fingerprint density at radius 1 is 1.30 bits per heavy atom. The molecule has 2 aliphatic rings. The number of anilines is 1. The van der Waals surface area contributed by atoms with Crippen LogP contribution in [-0.2, 0) is 9.59 Å². The monoisotopic (exact) mass is 328 g/mol. The number of nitrogens with one attached hydrogen (secondary N) is 1. The number of amides is 1. The van der Waals surface area contributed by atoms with Crippen molar-refractivity contribution in [3.63, 3.8) is 0 Å². The zero-order chi connectivity index (χ0) is 16.6. The maximum atomic E-state index is 12.6. The zero-order valence-electron chi connectivity index (χ0n) is 12.5. The standard InChI is InChI=1S/C17H16N2O3S/c1-9-6-12(23-8-18)4-5-13(9)19-16(20)14-10-2-3-11(7-10)15(14)17(21)22/h2-6,10-11,14-15H,7H2,1H3,(H,19,20)(H,21,22)/t10-,11-,14-,15-/m0/s1. The molecule has 3 rings (SSSR count). The van der Waals surface area contributed by atoms with Gasteiger partial charge in [-0.1, -0.05) is 12.2 Å². The Morgan fingerprint density at radius 3 is 2.61 bits per heavy atom. The van der Waals surface area contributed by atoms with Gasteiger partial charge in [-0.05, 0) is 60.7 Å². The number of hydrogen-bond donors (Lipinski definition) is 2. The largest absolute Gasteiger partial charge is 0.481 e. The Balaban J connectivity index is 1.78. The van der Waals surface area contributed by atoms with E-state index in [0.717, 1.165) is 28.6 Å². The number of fused-ring (bicyclic) bond motifs is 2. The number of thiocyanates is 1. The Morgan fingerprint density at radius 2 is 2.00 bits per heavy atom. The molecule has 5 nitrogen and oxygen atoms in total. The van der Waals surface area contributed by atoms with Crippen molar-refractivity contribution in [2.75, 3.05) is 5.32 Å². The number of carboxylic acids is 1. The highest BCUT2D eigenvalue weighted by Gasteiger charge is 2.51. The van der Waals surface area contributed by atoms with E-state index >= 15 is 0 Å². The van der Waals surface area contributed by atoms with Gasteiger partial charge in [0.05, 0.1) is 11.8 Å². The Bertz CT molecular complexity index is 738. The van der Waals surface area contributed by atoms with Crippen LogP contribution in [0.15, 0.2) is 35.2 Å². The van der Waals surface area contributed by atoms with Gasteiger partial charge in [-0.3, -0.25) is 9.59 Å². The molecule has 1 saturated carbocycles. The molecule has 1 aromatic carbocycles. The summed E-state index contributed by atoms with van der Waals surface area (Å²) >= 11 is 1.06. The third-order valence-corrected chi connectivity index (χ3v) is 5.25. The fraction of sp³-hybridized carbons (Fsp3) is 0.353. The second-order valence-corrected chi connectivity index (χ2v) is 6.86. The van der Waals surface area contributed by atoms with Crippen LogP contribution < -0.4 is 5.32 Å². The van der Waals surface area contributed by atoms with Crippen molar-refractivity contribution in [1.82, 2.24) is 0 Å². The third-order valence-electron chi connectivity index (χ3n) is 4.67. The average molecular weight is 328 g/mol. The van der Waals surface area contributed by atoms with E-state index in [4.69, 9.17) is 5.26 Å². The minimum absolute atomic E-state index is 0.00910. The van der Waals surface area contributed by atoms with Gasteiger partial charge in [-0.15, -0.1) is 0 Å². The summed E-state index contributed by atoms with van der Waals surface area (Å²) in [5, 5.41) is 23.0. The van der Waals surface area contributed by atoms with Crippen LogP contribution in [0.3, 0.4) is 0 Å². The Hall–Kier alpha value is -2.26. The highest BCUT2D eigenvalue weighted by molar-refractivity contribution is 8.03. The number of aryl methyl sites for hydroxylation is 1. The van der Waals surface area contributed by atoms with Gasteiger partial charge in [0, 0.05) is 10.6 Å². The maximum Gasteiger partial charge on any atom is 0.307 e. The molecule has 118 valence electrons. The van der Waals surface area contributed by atoms with Gasteiger partial charge in [-0.2, -0.15) is 5.26 Å². The molecule has 0 saturated heterocycles. The van der Waals surface area contributed by atoms with E-state index in [2.05, 4.69) is 5.32 Å². The first-order chi connectivity index (χ1) is 11.0. The summed E-state index contributed by atoms with van der Waals surface area (Å²) in [6.45, 7) is 1.85. The van der Waals surface area contributed by atoms with Crippen LogP contribution in [0.2, 0.25) is 0 Å². The van der Waals surface area contributed by atoms with Crippen molar-refractivity contribution in [1.29, 1.82) is 5.26 Å². The Labute approximate surface area is 138 Å². The maximum absolute atomic E-state index is 12.6. The minimum Gasteiger partial charge on any atom is -0.481 e. The van der Waals surface area contributed by atoms with E-state index in [9.17, 15) is 14.7 Å². The Kier molecular flexibility index (Phi) is 4.14. The number of nitrogens with zero attached hydrogens (tertiary/aromatic N) is 1. The predicted octanol–water partition coefficient (Wildman–Crippen LogP) is 3.03. The molecular formula is C17H16N2O3S. The summed E-state index contributed by atoms with van der Waals surface area (Å²) in [7, 11) is 0. The molecule has 0 radical (unpaired) electrons. The summed E-state index contributed by atoms with van der Waals surface area (Å²) in [6, 6.07) is 5.36. The van der Waals surface area contributed by atoms with Gasteiger partial charge in [0.25, 0.3) is 0 Å². The molecule has 6 heteroatoms. The number of benzene rings is 1. The molecule has 1 amide bonds. The molecule has 2 aliphatic carbocycles. The number of carboxylic acid groups (broad SMARTS) is 1. The lowest BCUT2D eigenvalue weighted by molar-refractivity contribution is -0.146. The lowest BCUT2D eigenvalue weighted by Crippen LogP contribution is -2.36. The SMILES string of the molecule is Cc1cc(SC#N)ccc1NC(=O)[C@@H]1[C@@H](C(=O)O)[C@H]2C=C[C@H]1C2. The van der Waals surface area contributed by atoms with E-state index < -0.39 is 17.8 Å². The van der Waals surface area contributed by atoms with Crippen LogP contribution in [0.1, 0.15) is 12.0 Å². The highest BCUT2D eigenvalue weighted by Crippen LogP contribution is 2.48. The first kappa shape index (κ1) is 15.6. The average Bonchev–Trinajstić information content (AvgIpc) is 3.11. The molecule has 1 fully saturated rings. The number of thioether (sulfide) groups is 1. The van der Waals surface area contributed by atoms with Gasteiger partial charge < -0.3 is 10.4 Å². The topological polar surface area (TPSA) is 90.2 Å². The van der Waals surface area contributed by atoms with Gasteiger partial charge in [0.2, 0.25) is 5.91 Å². The van der Waals surface area contributed by atoms with Crippen molar-refractivity contribution >= 4 is 29.3 Å². The van der Waals surface area contributed by atoms with Crippen LogP contribution in [-0.4, -0.2) is 17.0 Å². The number of hydrogen-bond acceptors (Lipinski definition) is 4. The van der Waals surface area contributed by atoms with Gasteiger partial charge >= 0.3 is 5.97 Å². The first-order valence-corrected chi connectivity index (χ1v) is 8.21. The normalized spacial score (nSPS) is 27.7. The molecule has 0 aromatic heterocycles. The lowest BCUT2D eigenvalue weighted by atomic mass is 9.82. The van der Waals surface area contributed by atoms with Crippen LogP contribution in [0.4, 0.5) is 5.69 Å². The zero-order valence-corrected chi connectivity index (χ0v) is 13.3. The van der Waals surface area contributed by atoms with Crippen molar-refractivity contribution in [2.24, 2.45) is 23.7 Å². The molecule has 2 N–H and O–H groups in total. The van der Waals surface area contributed by atoms with E-state index in [1.165, 1.54) is 0 Å². The molecule has 0 heterocycles. The van der Waals surface area contributed by atoms with Crippen LogP contribution in [0.5, 0.6) is 0 Å². The van der Waals surface area contributed by atoms with Gasteiger partial charge in [0.1, 0.15) is 5.40 Å². The van der Waals surface area contributed by atoms with Crippen molar-refractivity contribution in [2.45, 2.75) is 18.2 Å². The molecule has 4 atom stereocenters. The molecule has 1 aromatic rings. The number of carbonyl (C=O) groups excluding carboxylic acids is 1. The highest BCUT2D eigenvalue weighted by atomic mass is 32.2. The summed E-state index contributed by atoms with van der Waals surface area (Å²) in [4.78, 5) is 24.9. The smallest absolute Gasteiger partial charge is 0.307 e. The molecule has 0 spiro atoms. The van der Waals surface area contributed by atoms with Crippen molar-refractivity contribution < 1.29 is 14.7 Å². The number of aliphatic carboxylic acids is 1. The second kappa shape index (κ2) is 6.09. The van der Waals surface area contributed by atoms with Crippen molar-refractivity contribution in [3.8, 4) is 5.40 Å². The number of nitriles is 1. The second-order valence-electron chi connectivity index (χ2n) is 6.00. The van der Waals surface area contributed by atoms with Crippen LogP contribution in [0, 0.1) is 41.3 Å². The first-order valence-electron chi connectivity index (χ1n) is 7.40. The van der Waals surface area contributed by atoms with E-state index in [1.807, 2.05) is 30.5 Å². The van der Waals surface area contributed by atoms with Crippen LogP contribution in [0.25, 0.3) is 0 Å². The summed E-state index contributed by atoms with van der Waals surface area (Å²) in [6.07, 6.45) is 4.63. The van der Waals surface area contributed by atoms with Gasteiger partial charge in [0.15, 0.2) is 0 Å². The summed E-state index contributed by atoms with van der Waals surface area (Å²) in [5.41, 5.74) is 1.51. The number of carbonyl (C=O) groups is 2. The summed E-state index contributed by atoms with van der Waals surface area (Å²) in [5.74, 6) is -2.33. The lowest BCUT2D eigenvalue weighted by Gasteiger charge is -2.24. The molecule has 0 aliphatic heterocycles. The van der Waals surface area contributed by atoms with Gasteiger partial charge in [-0.25, -0.2) is 0 Å². The fourth-order valence-electron chi connectivity index (χ4n) is 3.63. The van der Waals surface area contributed by atoms with E-state index in [1.54, 1.807) is 12.1 Å². The number of allylic oxidation sites excluding steroid dienone is 2. The molecule has 0 unspecified atom stereocenters. The third kappa shape index (κ3) is 2.84. The number of rotatable bonds is 4. The summed E-state index contributed by atoms with van der Waals surface area (Å²) < 4.78 is 0. The fourth-order valence-corrected chi connectivity index (χ4v) is 4.10. The van der Waals surface area contributed by atoms with E-state index in [-0.39, 0.29) is 17.7 Å². The van der Waals surface area contributed by atoms with Crippen molar-refractivity contribution in [3.05, 3.63) is 35.9 Å². The molecule has 2 bridgehead atoms. The predicted molar refractivity (Wildman–Crippen MR) is 86.6 cm³/mol. The van der Waals surface area contributed by atoms with E-state index in [0.29, 0.717) is 5.69 Å². The molecule has 23 heavy (non-hydrogen) atoms. The quantitative estimate of drug-likeness (QED) is 0.504. The molecular weight excluding hydrogens is 312 g/mol. The minimum atomic E-state index is -0.903. The van der Waals surface area contributed by atoms with Crippen LogP contribution >= 0.6 is 11.8 Å².